The number of nitrogens with zero attached hydrogens (tertiary/aromatic N) is 3. The van der Waals surface area contributed by atoms with E-state index in [1.165, 1.54) is 4.90 Å². The lowest BCUT2D eigenvalue weighted by Crippen LogP contribution is -2.31. The first-order valence-corrected chi connectivity index (χ1v) is 9.99. The molecule has 30 heavy (non-hydrogen) atoms. The third-order valence-corrected chi connectivity index (χ3v) is 5.40. The van der Waals surface area contributed by atoms with Crippen LogP contribution in [-0.4, -0.2) is 37.8 Å². The highest BCUT2D eigenvalue weighted by Gasteiger charge is 2.45. The molecule has 2 aromatic carbocycles. The van der Waals surface area contributed by atoms with E-state index in [4.69, 9.17) is 11.6 Å². The average Bonchev–Trinajstić information content (AvgIpc) is 3.37. The molecule has 3 aromatic rings. The summed E-state index contributed by atoms with van der Waals surface area (Å²) < 4.78 is 1.92. The van der Waals surface area contributed by atoms with E-state index in [2.05, 4.69) is 4.98 Å². The molecule has 7 heteroatoms. The molecule has 1 N–H and O–H groups in total. The lowest BCUT2D eigenvalue weighted by molar-refractivity contribution is -0.139. The third kappa shape index (κ3) is 3.86. The molecule has 152 valence electrons. The summed E-state index contributed by atoms with van der Waals surface area (Å²) in [5.41, 5.74) is 1.31. The van der Waals surface area contributed by atoms with Gasteiger partial charge in [-0.15, -0.1) is 0 Å². The van der Waals surface area contributed by atoms with Crippen LogP contribution < -0.4 is 0 Å². The largest absolute Gasteiger partial charge is 0.507 e. The molecule has 0 saturated carbocycles. The number of amides is 1. The summed E-state index contributed by atoms with van der Waals surface area (Å²) in [6.45, 7) is 1.04. The predicted octanol–water partition coefficient (Wildman–Crippen LogP) is 4.05. The van der Waals surface area contributed by atoms with E-state index < -0.39 is 17.7 Å². The van der Waals surface area contributed by atoms with Gasteiger partial charge in [-0.2, -0.15) is 0 Å². The third-order valence-electron chi connectivity index (χ3n) is 5.15. The van der Waals surface area contributed by atoms with Crippen molar-refractivity contribution >= 4 is 29.1 Å². The zero-order valence-corrected chi connectivity index (χ0v) is 16.9. The highest BCUT2D eigenvalue weighted by molar-refractivity contribution is 6.46. The van der Waals surface area contributed by atoms with Crippen LogP contribution in [0.5, 0.6) is 0 Å². The fraction of sp³-hybridized carbons (Fsp3) is 0.174. The lowest BCUT2D eigenvalue weighted by atomic mass is 9.95. The Hall–Kier alpha value is -3.38. The highest BCUT2D eigenvalue weighted by Crippen LogP contribution is 2.39. The number of aliphatic hydroxyl groups excluding tert-OH is 1. The van der Waals surface area contributed by atoms with Gasteiger partial charge in [0.05, 0.1) is 17.9 Å². The normalized spacial score (nSPS) is 18.2. The molecule has 6 nitrogen and oxygen atoms in total. The first-order valence-electron chi connectivity index (χ1n) is 9.61. The Balaban J connectivity index is 1.71. The summed E-state index contributed by atoms with van der Waals surface area (Å²) in [7, 11) is 0. The zero-order valence-electron chi connectivity index (χ0n) is 16.1. The van der Waals surface area contributed by atoms with Crippen LogP contribution in [-0.2, 0) is 16.1 Å². The summed E-state index contributed by atoms with van der Waals surface area (Å²) in [6, 6.07) is 15.2. The number of hydrogen-bond acceptors (Lipinski definition) is 4. The Morgan fingerprint density at radius 2 is 1.77 bits per heavy atom. The van der Waals surface area contributed by atoms with Gasteiger partial charge < -0.3 is 14.6 Å². The van der Waals surface area contributed by atoms with E-state index in [9.17, 15) is 14.7 Å². The van der Waals surface area contributed by atoms with E-state index in [0.29, 0.717) is 30.1 Å². The molecule has 0 unspecified atom stereocenters. The summed E-state index contributed by atoms with van der Waals surface area (Å²) in [6.07, 6.45) is 5.91. The smallest absolute Gasteiger partial charge is 0.295 e. The monoisotopic (exact) mass is 421 g/mol. The Labute approximate surface area is 179 Å². The number of imidazole rings is 1. The van der Waals surface area contributed by atoms with Crippen LogP contribution in [0.4, 0.5) is 0 Å². The second-order valence-corrected chi connectivity index (χ2v) is 7.50. The second-order valence-electron chi connectivity index (χ2n) is 7.06. The first-order chi connectivity index (χ1) is 14.6. The number of Topliss-reactive ketones (excluding diaryl/α,β-unsaturated/α-hetero) is 1. The maximum Gasteiger partial charge on any atom is 0.295 e. The minimum Gasteiger partial charge on any atom is -0.507 e. The van der Waals surface area contributed by atoms with Gasteiger partial charge in [-0.05, 0) is 36.2 Å². The molecule has 1 atom stereocenters. The molecule has 0 aliphatic carbocycles. The van der Waals surface area contributed by atoms with Crippen molar-refractivity contribution in [1.82, 2.24) is 14.5 Å². The summed E-state index contributed by atoms with van der Waals surface area (Å²) in [5.74, 6) is -1.49. The standard InChI is InChI=1S/C23H20ClN3O3/c24-18-9-7-17(8-10-18)21(28)19-20(16-5-2-1-3-6-16)27(23(30)22(19)29)13-4-12-26-14-11-25-15-26/h1-3,5-11,14-15,20,28H,4,12-13H2/t20-/m0/s1. The van der Waals surface area contributed by atoms with E-state index >= 15 is 0 Å². The van der Waals surface area contributed by atoms with Gasteiger partial charge in [0, 0.05) is 36.1 Å². The minimum atomic E-state index is -0.682. The van der Waals surface area contributed by atoms with Gasteiger partial charge in [0.25, 0.3) is 11.7 Å². The zero-order chi connectivity index (χ0) is 21.1. The first kappa shape index (κ1) is 19.9. The number of benzene rings is 2. The average molecular weight is 422 g/mol. The number of carbonyl (C=O) groups excluding carboxylic acids is 2. The van der Waals surface area contributed by atoms with Crippen LogP contribution in [0.2, 0.25) is 5.02 Å². The minimum absolute atomic E-state index is 0.0937. The number of aryl methyl sites for hydroxylation is 1. The quantitative estimate of drug-likeness (QED) is 0.370. The van der Waals surface area contributed by atoms with Crippen molar-refractivity contribution in [3.8, 4) is 0 Å². The Kier molecular flexibility index (Phi) is 5.68. The van der Waals surface area contributed by atoms with Crippen molar-refractivity contribution in [3.63, 3.8) is 0 Å². The molecule has 1 aliphatic rings. The molecule has 1 amide bonds. The molecule has 1 saturated heterocycles. The topological polar surface area (TPSA) is 75.4 Å². The van der Waals surface area contributed by atoms with Gasteiger partial charge in [-0.25, -0.2) is 4.98 Å². The molecule has 0 spiro atoms. The Morgan fingerprint density at radius 1 is 1.03 bits per heavy atom. The SMILES string of the molecule is O=C1C(=O)N(CCCn2ccnc2)[C@@H](c2ccccc2)C1=C(O)c1ccc(Cl)cc1. The Bertz CT molecular complexity index is 1080. The van der Waals surface area contributed by atoms with Crippen molar-refractivity contribution in [3.05, 3.63) is 95.0 Å². The molecule has 0 radical (unpaired) electrons. The fourth-order valence-corrected chi connectivity index (χ4v) is 3.82. The van der Waals surface area contributed by atoms with Crippen molar-refractivity contribution in [2.75, 3.05) is 6.54 Å². The number of aliphatic hydroxyl groups is 1. The number of rotatable bonds is 6. The molecular weight excluding hydrogens is 402 g/mol. The van der Waals surface area contributed by atoms with Crippen LogP contribution in [0.1, 0.15) is 23.6 Å². The van der Waals surface area contributed by atoms with E-state index in [0.717, 1.165) is 5.56 Å². The molecule has 1 fully saturated rings. The second kappa shape index (κ2) is 8.55. The van der Waals surface area contributed by atoms with E-state index in [1.807, 2.05) is 41.1 Å². The van der Waals surface area contributed by atoms with Gasteiger partial charge in [0.15, 0.2) is 0 Å². The lowest BCUT2D eigenvalue weighted by Gasteiger charge is -2.25. The van der Waals surface area contributed by atoms with Crippen LogP contribution >= 0.6 is 11.6 Å². The van der Waals surface area contributed by atoms with Crippen LogP contribution in [0, 0.1) is 0 Å². The fourth-order valence-electron chi connectivity index (χ4n) is 3.70. The van der Waals surface area contributed by atoms with Crippen molar-refractivity contribution in [1.29, 1.82) is 0 Å². The van der Waals surface area contributed by atoms with Crippen molar-refractivity contribution < 1.29 is 14.7 Å². The van der Waals surface area contributed by atoms with Crippen LogP contribution in [0.15, 0.2) is 78.9 Å². The number of aromatic nitrogens is 2. The molecule has 2 heterocycles. The number of hydrogen-bond donors (Lipinski definition) is 1. The molecule has 4 rings (SSSR count). The van der Waals surface area contributed by atoms with Crippen LogP contribution in [0.3, 0.4) is 0 Å². The number of halogens is 1. The summed E-state index contributed by atoms with van der Waals surface area (Å²) >= 11 is 5.94. The highest BCUT2D eigenvalue weighted by atomic mass is 35.5. The maximum absolute atomic E-state index is 12.9. The van der Waals surface area contributed by atoms with Crippen molar-refractivity contribution in [2.24, 2.45) is 0 Å². The number of carbonyl (C=O) groups is 2. The van der Waals surface area contributed by atoms with Gasteiger partial charge in [0.1, 0.15) is 5.76 Å². The van der Waals surface area contributed by atoms with Gasteiger partial charge in [0.2, 0.25) is 0 Å². The molecule has 0 bridgehead atoms. The molecular formula is C23H20ClN3O3. The van der Waals surface area contributed by atoms with Crippen molar-refractivity contribution in [2.45, 2.75) is 19.0 Å². The summed E-state index contributed by atoms with van der Waals surface area (Å²) in [5, 5.41) is 11.5. The molecule has 1 aromatic heterocycles. The van der Waals surface area contributed by atoms with E-state index in [1.54, 1.807) is 36.8 Å². The van der Waals surface area contributed by atoms with Gasteiger partial charge in [-0.3, -0.25) is 9.59 Å². The van der Waals surface area contributed by atoms with Gasteiger partial charge in [-0.1, -0.05) is 41.9 Å². The summed E-state index contributed by atoms with van der Waals surface area (Å²) in [4.78, 5) is 31.3. The number of likely N-dealkylation sites (tertiary alicyclic amines) is 1. The Morgan fingerprint density at radius 3 is 2.43 bits per heavy atom. The van der Waals surface area contributed by atoms with Crippen LogP contribution in [0.25, 0.3) is 5.76 Å². The maximum atomic E-state index is 12.9. The number of ketones is 1. The van der Waals surface area contributed by atoms with Gasteiger partial charge >= 0.3 is 0 Å². The van der Waals surface area contributed by atoms with E-state index in [-0.39, 0.29) is 11.3 Å². The molecule has 1 aliphatic heterocycles. The predicted molar refractivity (Wildman–Crippen MR) is 114 cm³/mol.